The van der Waals surface area contributed by atoms with E-state index in [1.807, 2.05) is 24.3 Å². The first-order valence-corrected chi connectivity index (χ1v) is 20.0. The highest BCUT2D eigenvalue weighted by Gasteiger charge is 2.44. The van der Waals surface area contributed by atoms with Gasteiger partial charge in [0.15, 0.2) is 11.5 Å². The van der Waals surface area contributed by atoms with Crippen molar-refractivity contribution in [1.82, 2.24) is 19.7 Å². The molecule has 2 aromatic heterocycles. The van der Waals surface area contributed by atoms with E-state index in [1.165, 1.54) is 17.5 Å². The van der Waals surface area contributed by atoms with Crippen molar-refractivity contribution in [3.63, 3.8) is 0 Å². The molecule has 1 amide bonds. The Labute approximate surface area is 309 Å². The van der Waals surface area contributed by atoms with E-state index in [4.69, 9.17) is 25.8 Å². The summed E-state index contributed by atoms with van der Waals surface area (Å²) in [7, 11) is 1.73. The van der Waals surface area contributed by atoms with Crippen molar-refractivity contribution in [2.75, 3.05) is 49.3 Å². The number of carbonyl (C=O) groups excluding carboxylic acids is 1. The predicted octanol–water partition coefficient (Wildman–Crippen LogP) is 6.14. The van der Waals surface area contributed by atoms with Gasteiger partial charge in [-0.2, -0.15) is 5.10 Å². The summed E-state index contributed by atoms with van der Waals surface area (Å²) in [6.07, 6.45) is 12.1. The normalized spacial score (nSPS) is 29.6. The standard InChI is InChI=1S/C38H44ClN7O5S/c1-45-20-30-35(42-45)40-23-41-36(30)43-52(48)16-14-28(49-2)9-13-33(50-3)29-10-6-26(29)19-46-21-38(15-4-5-24-17-27(39)8-11-31(24)38)22-51-34-12-7-25(18-32(34)46)37(47)44-52/h7-9,11-13,17-18,20,23,26,28-29,33H,4-6,10,14-16,19,21-22H2,1-3H3,(H,40,41,42,43,44,47,48)/b13-9-/t26-,28-,29+,33-,38-,52?/m0/s1. The van der Waals surface area contributed by atoms with Gasteiger partial charge < -0.3 is 19.1 Å². The molecule has 4 heterocycles. The number of anilines is 2. The van der Waals surface area contributed by atoms with Crippen molar-refractivity contribution in [1.29, 1.82) is 0 Å². The van der Waals surface area contributed by atoms with E-state index in [2.05, 4.69) is 47.3 Å². The van der Waals surface area contributed by atoms with Crippen molar-refractivity contribution >= 4 is 50.0 Å². The van der Waals surface area contributed by atoms with Gasteiger partial charge in [-0.3, -0.25) is 14.2 Å². The van der Waals surface area contributed by atoms with Crippen molar-refractivity contribution in [3.05, 3.63) is 82.8 Å². The summed E-state index contributed by atoms with van der Waals surface area (Å²) in [5, 5.41) is 5.67. The number of fused-ring (bicyclic) bond motifs is 5. The highest BCUT2D eigenvalue weighted by molar-refractivity contribution is 7.95. The molecule has 8 rings (SSSR count). The number of aromatic nitrogens is 4. The fourth-order valence-electron chi connectivity index (χ4n) is 8.47. The van der Waals surface area contributed by atoms with Crippen LogP contribution in [0.25, 0.3) is 11.0 Å². The van der Waals surface area contributed by atoms with E-state index < -0.39 is 15.8 Å². The molecule has 2 aromatic carbocycles. The molecule has 1 fully saturated rings. The highest BCUT2D eigenvalue weighted by atomic mass is 35.5. The van der Waals surface area contributed by atoms with E-state index in [0.29, 0.717) is 41.5 Å². The maximum Gasteiger partial charge on any atom is 0.286 e. The van der Waals surface area contributed by atoms with Crippen LogP contribution in [0.1, 0.15) is 53.6 Å². The van der Waals surface area contributed by atoms with Gasteiger partial charge in [0, 0.05) is 56.6 Å². The maximum atomic E-state index is 14.8. The van der Waals surface area contributed by atoms with Gasteiger partial charge in [0.2, 0.25) is 0 Å². The largest absolute Gasteiger partial charge is 0.490 e. The van der Waals surface area contributed by atoms with E-state index in [-0.39, 0.29) is 29.2 Å². The number of nitrogens with one attached hydrogen (secondary N) is 1. The quantitative estimate of drug-likeness (QED) is 0.245. The first-order chi connectivity index (χ1) is 25.2. The number of amides is 1. The van der Waals surface area contributed by atoms with Crippen LogP contribution in [-0.4, -0.2) is 81.7 Å². The number of aryl methyl sites for hydroxylation is 2. The Morgan fingerprint density at radius 1 is 1.08 bits per heavy atom. The first-order valence-electron chi connectivity index (χ1n) is 17.9. The lowest BCUT2D eigenvalue weighted by molar-refractivity contribution is 0.0124. The molecule has 1 unspecified atom stereocenters. The summed E-state index contributed by atoms with van der Waals surface area (Å²) in [5.41, 5.74) is 3.90. The Bertz CT molecular complexity index is 2170. The first kappa shape index (κ1) is 35.0. The average molecular weight is 746 g/mol. The maximum absolute atomic E-state index is 14.8. The minimum atomic E-state index is -3.42. The van der Waals surface area contributed by atoms with Crippen LogP contribution >= 0.6 is 11.6 Å². The highest BCUT2D eigenvalue weighted by Crippen LogP contribution is 2.47. The van der Waals surface area contributed by atoms with Crippen LogP contribution < -0.4 is 14.4 Å². The molecular formula is C38H44ClN7O5S. The summed E-state index contributed by atoms with van der Waals surface area (Å²) in [4.78, 5) is 25.1. The lowest BCUT2D eigenvalue weighted by Gasteiger charge is -2.46. The number of ether oxygens (including phenoxy) is 3. The smallest absolute Gasteiger partial charge is 0.286 e. The monoisotopic (exact) mass is 745 g/mol. The topological polar surface area (TPSA) is 133 Å². The van der Waals surface area contributed by atoms with Crippen LogP contribution in [0.5, 0.6) is 5.75 Å². The molecule has 274 valence electrons. The Morgan fingerprint density at radius 3 is 2.77 bits per heavy atom. The molecule has 2 aliphatic carbocycles. The second kappa shape index (κ2) is 14.1. The molecule has 1 saturated carbocycles. The average Bonchev–Trinajstić information content (AvgIpc) is 3.44. The zero-order valence-electron chi connectivity index (χ0n) is 29.7. The van der Waals surface area contributed by atoms with Crippen molar-refractivity contribution in [3.8, 4) is 5.75 Å². The molecule has 6 atom stereocenters. The minimum Gasteiger partial charge on any atom is -0.490 e. The number of hydrogen-bond acceptors (Lipinski definition) is 9. The van der Waals surface area contributed by atoms with Crippen LogP contribution in [0, 0.1) is 11.8 Å². The number of nitrogens with zero attached hydrogens (tertiary/aromatic N) is 6. The summed E-state index contributed by atoms with van der Waals surface area (Å²) < 4.78 is 42.4. The lowest BCUT2D eigenvalue weighted by Crippen LogP contribution is -2.49. The van der Waals surface area contributed by atoms with Crippen LogP contribution in [0.4, 0.5) is 11.5 Å². The van der Waals surface area contributed by atoms with Gasteiger partial charge in [0.25, 0.3) is 5.91 Å². The third-order valence-corrected chi connectivity index (χ3v) is 13.3. The third kappa shape index (κ3) is 6.68. The molecule has 2 bridgehead atoms. The second-order valence-corrected chi connectivity index (χ2v) is 17.1. The zero-order chi connectivity index (χ0) is 36.0. The minimum absolute atomic E-state index is 0.0170. The summed E-state index contributed by atoms with van der Waals surface area (Å²) in [6.45, 7) is 2.01. The number of rotatable bonds is 4. The molecule has 0 radical (unpaired) electrons. The molecule has 1 spiro atoms. The zero-order valence-corrected chi connectivity index (χ0v) is 31.2. The number of hydrogen-bond donors (Lipinski definition) is 1. The van der Waals surface area contributed by atoms with Gasteiger partial charge in [0.1, 0.15) is 22.0 Å². The number of halogens is 1. The SMILES string of the molecule is CO[C@H]1/C=C\[C@H](OC)CCS(=O)(Nc2ncnc3nn(C)cc23)=NC(=O)c2ccc3c(c2)N(C[C@@H]2CC[C@H]21)C[C@@]1(CCCc2cc(Cl)ccc21)CO3. The molecular weight excluding hydrogens is 702 g/mol. The van der Waals surface area contributed by atoms with E-state index in [1.54, 1.807) is 38.2 Å². The summed E-state index contributed by atoms with van der Waals surface area (Å²) in [5.74, 6) is 1.10. The molecule has 14 heteroatoms. The molecule has 0 saturated heterocycles. The number of benzene rings is 2. The Kier molecular flexibility index (Phi) is 9.48. The summed E-state index contributed by atoms with van der Waals surface area (Å²) >= 11 is 6.47. The number of methoxy groups -OCH3 is 2. The van der Waals surface area contributed by atoms with Crippen LogP contribution in [0.15, 0.2) is 65.4 Å². The Morgan fingerprint density at radius 2 is 1.96 bits per heavy atom. The molecule has 4 aromatic rings. The van der Waals surface area contributed by atoms with E-state index in [0.717, 1.165) is 61.7 Å². The molecule has 12 nitrogen and oxygen atoms in total. The van der Waals surface area contributed by atoms with Crippen molar-refractivity contribution in [2.45, 2.75) is 56.1 Å². The molecule has 1 N–H and O–H groups in total. The van der Waals surface area contributed by atoms with Crippen LogP contribution in [0.3, 0.4) is 0 Å². The molecule has 4 aliphatic rings. The van der Waals surface area contributed by atoms with Gasteiger partial charge in [0.05, 0.1) is 35.6 Å². The van der Waals surface area contributed by atoms with Gasteiger partial charge in [-0.1, -0.05) is 29.8 Å². The van der Waals surface area contributed by atoms with Crippen molar-refractivity contribution in [2.24, 2.45) is 23.2 Å². The predicted molar refractivity (Wildman–Crippen MR) is 201 cm³/mol. The lowest BCUT2D eigenvalue weighted by atomic mass is 9.68. The molecule has 52 heavy (non-hydrogen) atoms. The fraction of sp³-hybridized carbons (Fsp3) is 0.474. The summed E-state index contributed by atoms with van der Waals surface area (Å²) in [6, 6.07) is 11.7. The van der Waals surface area contributed by atoms with Gasteiger partial charge in [-0.25, -0.2) is 14.2 Å². The molecule has 2 aliphatic heterocycles. The number of carbonyl (C=O) groups is 1. The van der Waals surface area contributed by atoms with Crippen molar-refractivity contribution < 1.29 is 23.2 Å². The van der Waals surface area contributed by atoms with Gasteiger partial charge in [-0.15, -0.1) is 4.36 Å². The Balaban J connectivity index is 1.23. The van der Waals surface area contributed by atoms with Crippen LogP contribution in [-0.2, 0) is 38.3 Å². The van der Waals surface area contributed by atoms with Crippen LogP contribution in [0.2, 0.25) is 5.02 Å². The van der Waals surface area contributed by atoms with E-state index in [9.17, 15) is 9.00 Å². The second-order valence-electron chi connectivity index (χ2n) is 14.5. The Hall–Kier alpha value is -4.04. The van der Waals surface area contributed by atoms with E-state index >= 15 is 0 Å². The fourth-order valence-corrected chi connectivity index (χ4v) is 10.3. The van der Waals surface area contributed by atoms with Gasteiger partial charge >= 0.3 is 0 Å². The van der Waals surface area contributed by atoms with Gasteiger partial charge in [-0.05, 0) is 91.8 Å². The third-order valence-electron chi connectivity index (χ3n) is 11.3.